The lowest BCUT2D eigenvalue weighted by Crippen LogP contribution is -2.28. The molecule has 164 valence electrons. The van der Waals surface area contributed by atoms with Crippen molar-refractivity contribution in [2.45, 2.75) is 43.3 Å². The number of ether oxygens (including phenoxy) is 1. The van der Waals surface area contributed by atoms with E-state index < -0.39 is 9.84 Å². The highest BCUT2D eigenvalue weighted by atomic mass is 32.2. The maximum Gasteiger partial charge on any atom is 0.254 e. The summed E-state index contributed by atoms with van der Waals surface area (Å²) in [5.74, 6) is -0.283. The number of fused-ring (bicyclic) bond motifs is 1. The molecule has 4 rings (SSSR count). The first-order chi connectivity index (χ1) is 14.9. The average molecular weight is 444 g/mol. The van der Waals surface area contributed by atoms with E-state index in [0.717, 1.165) is 30.0 Å². The van der Waals surface area contributed by atoms with Gasteiger partial charge in [0.25, 0.3) is 5.91 Å². The van der Waals surface area contributed by atoms with Crippen molar-refractivity contribution in [1.82, 2.24) is 25.1 Å². The Morgan fingerprint density at radius 1 is 1.29 bits per heavy atom. The van der Waals surface area contributed by atoms with E-state index in [9.17, 15) is 13.2 Å². The van der Waals surface area contributed by atoms with Crippen molar-refractivity contribution in [1.29, 1.82) is 0 Å². The number of carbonyl (C=O) groups is 1. The van der Waals surface area contributed by atoms with Crippen molar-refractivity contribution < 1.29 is 17.9 Å². The zero-order valence-corrected chi connectivity index (χ0v) is 18.3. The first-order valence-corrected chi connectivity index (χ1v) is 12.1. The van der Waals surface area contributed by atoms with Gasteiger partial charge in [-0.2, -0.15) is 5.10 Å². The highest BCUT2D eigenvalue weighted by Gasteiger charge is 2.22. The Morgan fingerprint density at radius 2 is 2.06 bits per heavy atom. The third kappa shape index (κ3) is 4.45. The Hall–Kier alpha value is -2.85. The smallest absolute Gasteiger partial charge is 0.254 e. The maximum atomic E-state index is 13.1. The predicted molar refractivity (Wildman–Crippen MR) is 114 cm³/mol. The van der Waals surface area contributed by atoms with E-state index in [1.807, 2.05) is 11.6 Å². The molecule has 0 aliphatic carbocycles. The Morgan fingerprint density at radius 3 is 2.77 bits per heavy atom. The quantitative estimate of drug-likeness (QED) is 0.622. The molecule has 0 bridgehead atoms. The summed E-state index contributed by atoms with van der Waals surface area (Å²) in [7, 11) is -3.44. The van der Waals surface area contributed by atoms with Crippen molar-refractivity contribution in [2.75, 3.05) is 19.5 Å². The Balaban J connectivity index is 1.61. The van der Waals surface area contributed by atoms with Gasteiger partial charge in [0.1, 0.15) is 0 Å². The predicted octanol–water partition coefficient (Wildman–Crippen LogP) is 2.46. The van der Waals surface area contributed by atoms with Gasteiger partial charge in [-0.3, -0.25) is 14.5 Å². The van der Waals surface area contributed by atoms with Crippen LogP contribution in [-0.2, 0) is 14.6 Å². The molecule has 1 aliphatic heterocycles. The van der Waals surface area contributed by atoms with Crippen LogP contribution in [0.25, 0.3) is 10.9 Å². The fourth-order valence-electron chi connectivity index (χ4n) is 3.86. The lowest BCUT2D eigenvalue weighted by molar-refractivity contribution is 0.0674. The van der Waals surface area contributed by atoms with Gasteiger partial charge in [0.2, 0.25) is 0 Å². The van der Waals surface area contributed by atoms with E-state index in [2.05, 4.69) is 20.4 Å². The van der Waals surface area contributed by atoms with Crippen LogP contribution in [-0.4, -0.2) is 53.5 Å². The molecule has 1 atom stereocenters. The van der Waals surface area contributed by atoms with Gasteiger partial charge in [-0.05, 0) is 37.0 Å². The summed E-state index contributed by atoms with van der Waals surface area (Å²) in [6, 6.07) is 3.08. The fraction of sp³-hybridized carbons (Fsp3) is 0.429. The second kappa shape index (κ2) is 8.72. The average Bonchev–Trinajstić information content (AvgIpc) is 3.21. The number of hydrogen-bond acceptors (Lipinski definition) is 7. The second-order valence-corrected chi connectivity index (χ2v) is 9.65. The van der Waals surface area contributed by atoms with Crippen molar-refractivity contribution >= 4 is 26.6 Å². The summed E-state index contributed by atoms with van der Waals surface area (Å²) in [6.45, 7) is 3.31. The molecule has 3 aromatic heterocycles. The van der Waals surface area contributed by atoms with Crippen LogP contribution in [0.4, 0.5) is 0 Å². The Kier molecular flexibility index (Phi) is 6.01. The van der Waals surface area contributed by atoms with Crippen molar-refractivity contribution in [2.24, 2.45) is 0 Å². The zero-order chi connectivity index (χ0) is 22.0. The molecule has 1 saturated heterocycles. The number of carbonyl (C=O) groups excluding carboxylic acids is 1. The molecule has 1 N–H and O–H groups in total. The normalized spacial score (nSPS) is 16.3. The molecule has 3 aromatic rings. The summed E-state index contributed by atoms with van der Waals surface area (Å²) in [5, 5.41) is 8.25. The SMILES string of the molecule is CC[C@H](NC(=O)c1cncc2c1cnn2C1CCOCC1)c1ccnc(S(C)(=O)=O)c1. The molecular formula is C21H25N5O4S. The number of rotatable bonds is 6. The number of nitrogens with one attached hydrogen (secondary N) is 1. The fourth-order valence-corrected chi connectivity index (χ4v) is 4.47. The Bertz CT molecular complexity index is 1200. The number of sulfone groups is 1. The van der Waals surface area contributed by atoms with Gasteiger partial charge in [-0.25, -0.2) is 13.4 Å². The van der Waals surface area contributed by atoms with Gasteiger partial charge in [-0.1, -0.05) is 6.92 Å². The second-order valence-electron chi connectivity index (χ2n) is 7.69. The monoisotopic (exact) mass is 443 g/mol. The number of pyridine rings is 2. The highest BCUT2D eigenvalue weighted by molar-refractivity contribution is 7.90. The molecule has 10 heteroatoms. The van der Waals surface area contributed by atoms with Crippen LogP contribution < -0.4 is 5.32 Å². The largest absolute Gasteiger partial charge is 0.381 e. The number of nitrogens with zero attached hydrogens (tertiary/aromatic N) is 4. The first-order valence-electron chi connectivity index (χ1n) is 10.2. The van der Waals surface area contributed by atoms with Crippen LogP contribution >= 0.6 is 0 Å². The minimum Gasteiger partial charge on any atom is -0.381 e. The molecule has 4 heterocycles. The molecule has 0 radical (unpaired) electrons. The molecule has 1 amide bonds. The van der Waals surface area contributed by atoms with Crippen LogP contribution in [0.2, 0.25) is 0 Å². The molecule has 1 aliphatic rings. The topological polar surface area (TPSA) is 116 Å². The number of amides is 1. The third-order valence-electron chi connectivity index (χ3n) is 5.56. The molecule has 0 saturated carbocycles. The zero-order valence-electron chi connectivity index (χ0n) is 17.5. The lowest BCUT2D eigenvalue weighted by atomic mass is 10.0. The van der Waals surface area contributed by atoms with E-state index in [0.29, 0.717) is 30.8 Å². The summed E-state index contributed by atoms with van der Waals surface area (Å²) >= 11 is 0. The van der Waals surface area contributed by atoms with Gasteiger partial charge in [0, 0.05) is 37.2 Å². The molecule has 31 heavy (non-hydrogen) atoms. The number of aromatic nitrogens is 4. The van der Waals surface area contributed by atoms with Crippen LogP contribution in [0, 0.1) is 0 Å². The van der Waals surface area contributed by atoms with E-state index in [-0.39, 0.29) is 23.0 Å². The van der Waals surface area contributed by atoms with Crippen LogP contribution in [0.15, 0.2) is 41.9 Å². The van der Waals surface area contributed by atoms with Crippen LogP contribution in [0.3, 0.4) is 0 Å². The van der Waals surface area contributed by atoms with Gasteiger partial charge in [-0.15, -0.1) is 0 Å². The molecule has 1 fully saturated rings. The van der Waals surface area contributed by atoms with Crippen LogP contribution in [0.1, 0.15) is 54.2 Å². The molecular weight excluding hydrogens is 418 g/mol. The molecule has 0 unspecified atom stereocenters. The lowest BCUT2D eigenvalue weighted by Gasteiger charge is -2.23. The molecule has 0 aromatic carbocycles. The van der Waals surface area contributed by atoms with Gasteiger partial charge >= 0.3 is 0 Å². The van der Waals surface area contributed by atoms with Gasteiger partial charge in [0.05, 0.1) is 35.6 Å². The minimum atomic E-state index is -3.44. The van der Waals surface area contributed by atoms with E-state index >= 15 is 0 Å². The number of hydrogen-bond donors (Lipinski definition) is 1. The van der Waals surface area contributed by atoms with Gasteiger partial charge in [0.15, 0.2) is 14.9 Å². The molecule has 9 nitrogen and oxygen atoms in total. The summed E-state index contributed by atoms with van der Waals surface area (Å²) in [4.78, 5) is 21.3. The Labute approximate surface area is 180 Å². The first kappa shape index (κ1) is 21.4. The van der Waals surface area contributed by atoms with Crippen LogP contribution in [0.5, 0.6) is 0 Å². The highest BCUT2D eigenvalue weighted by Crippen LogP contribution is 2.27. The van der Waals surface area contributed by atoms with E-state index in [1.165, 1.54) is 18.5 Å². The molecule has 0 spiro atoms. The third-order valence-corrected chi connectivity index (χ3v) is 6.54. The summed E-state index contributed by atoms with van der Waals surface area (Å²) < 4.78 is 31.1. The summed E-state index contributed by atoms with van der Waals surface area (Å²) in [6.07, 6.45) is 9.86. The van der Waals surface area contributed by atoms with Crippen molar-refractivity contribution in [3.8, 4) is 0 Å². The van der Waals surface area contributed by atoms with Crippen molar-refractivity contribution in [3.05, 3.63) is 48.0 Å². The summed E-state index contributed by atoms with van der Waals surface area (Å²) in [5.41, 5.74) is 1.94. The standard InChI is InChI=1S/C21H25N5O4S/c1-3-18(14-4-7-23-20(10-14)31(2,28)29)25-21(27)17-11-22-13-19-16(17)12-24-26(19)15-5-8-30-9-6-15/h4,7,10-13,15,18H,3,5-6,8-9H2,1-2H3,(H,25,27)/t18-/m0/s1. The van der Waals surface area contributed by atoms with E-state index in [1.54, 1.807) is 18.5 Å². The van der Waals surface area contributed by atoms with E-state index in [4.69, 9.17) is 4.74 Å². The minimum absolute atomic E-state index is 0.0146. The maximum absolute atomic E-state index is 13.1. The van der Waals surface area contributed by atoms with Crippen molar-refractivity contribution in [3.63, 3.8) is 0 Å². The van der Waals surface area contributed by atoms with Gasteiger partial charge < -0.3 is 10.1 Å².